The van der Waals surface area contributed by atoms with Crippen LogP contribution in [0.1, 0.15) is 29.2 Å². The Bertz CT molecular complexity index is 565. The Hall–Kier alpha value is -1.26. The van der Waals surface area contributed by atoms with Crippen LogP contribution in [0.3, 0.4) is 0 Å². The number of para-hydroxylation sites is 1. The number of fused-ring (bicyclic) bond motifs is 1. The topological polar surface area (TPSA) is 48.4 Å². The predicted octanol–water partition coefficient (Wildman–Crippen LogP) is 3.42. The Kier molecular flexibility index (Phi) is 3.14. The molecule has 1 atom stereocenters. The standard InChI is InChI=1S/C14H14BrNO2/c15-14-11(6-8-18-14)12(16)10-5-1-3-9-4-2-7-17-13(9)10/h1,3,5-6,8,12H,2,4,7,16H2. The number of halogens is 1. The summed E-state index contributed by atoms with van der Waals surface area (Å²) in [5.74, 6) is 0.948. The summed E-state index contributed by atoms with van der Waals surface area (Å²) >= 11 is 3.37. The largest absolute Gasteiger partial charge is 0.493 e. The molecule has 0 fully saturated rings. The van der Waals surface area contributed by atoms with Crippen LogP contribution in [0.2, 0.25) is 0 Å². The summed E-state index contributed by atoms with van der Waals surface area (Å²) in [5.41, 5.74) is 9.52. The van der Waals surface area contributed by atoms with Crippen LogP contribution < -0.4 is 10.5 Å². The van der Waals surface area contributed by atoms with Gasteiger partial charge in [-0.25, -0.2) is 0 Å². The lowest BCUT2D eigenvalue weighted by molar-refractivity contribution is 0.284. The van der Waals surface area contributed by atoms with E-state index >= 15 is 0 Å². The minimum absolute atomic E-state index is 0.230. The first kappa shape index (κ1) is 11.8. The van der Waals surface area contributed by atoms with Crippen molar-refractivity contribution < 1.29 is 9.15 Å². The van der Waals surface area contributed by atoms with Gasteiger partial charge in [-0.2, -0.15) is 0 Å². The molecule has 2 aromatic rings. The highest BCUT2D eigenvalue weighted by molar-refractivity contribution is 9.10. The van der Waals surface area contributed by atoms with E-state index in [4.69, 9.17) is 14.9 Å². The van der Waals surface area contributed by atoms with Crippen LogP contribution in [0.25, 0.3) is 0 Å². The average molecular weight is 308 g/mol. The number of benzene rings is 1. The Labute approximate surface area is 114 Å². The SMILES string of the molecule is NC(c1ccoc1Br)c1cccc2c1OCCC2. The Morgan fingerprint density at radius 2 is 2.11 bits per heavy atom. The van der Waals surface area contributed by atoms with E-state index in [1.165, 1.54) is 5.56 Å². The molecule has 0 radical (unpaired) electrons. The average Bonchev–Trinajstić information content (AvgIpc) is 2.83. The third-order valence-electron chi connectivity index (χ3n) is 3.28. The first-order valence-corrected chi connectivity index (χ1v) is 6.79. The van der Waals surface area contributed by atoms with Crippen molar-refractivity contribution in [3.63, 3.8) is 0 Å². The van der Waals surface area contributed by atoms with E-state index in [0.29, 0.717) is 4.67 Å². The van der Waals surface area contributed by atoms with Crippen molar-refractivity contribution in [3.8, 4) is 5.75 Å². The van der Waals surface area contributed by atoms with Gasteiger partial charge in [0.25, 0.3) is 0 Å². The van der Waals surface area contributed by atoms with Crippen LogP contribution in [-0.4, -0.2) is 6.61 Å². The van der Waals surface area contributed by atoms with Crippen LogP contribution in [-0.2, 0) is 6.42 Å². The van der Waals surface area contributed by atoms with Gasteiger partial charge in [0.1, 0.15) is 5.75 Å². The fraction of sp³-hybridized carbons (Fsp3) is 0.286. The van der Waals surface area contributed by atoms with Crippen molar-refractivity contribution in [2.75, 3.05) is 6.61 Å². The molecule has 1 aliphatic rings. The van der Waals surface area contributed by atoms with Gasteiger partial charge >= 0.3 is 0 Å². The molecule has 2 N–H and O–H groups in total. The molecule has 2 heterocycles. The highest BCUT2D eigenvalue weighted by Gasteiger charge is 2.22. The lowest BCUT2D eigenvalue weighted by Gasteiger charge is -2.23. The summed E-state index contributed by atoms with van der Waals surface area (Å²) in [6.45, 7) is 0.767. The van der Waals surface area contributed by atoms with Crippen LogP contribution in [0.15, 0.2) is 39.6 Å². The monoisotopic (exact) mass is 307 g/mol. The summed E-state index contributed by atoms with van der Waals surface area (Å²) in [6.07, 6.45) is 3.76. The summed E-state index contributed by atoms with van der Waals surface area (Å²) in [5, 5.41) is 0. The molecule has 3 nitrogen and oxygen atoms in total. The van der Waals surface area contributed by atoms with Crippen LogP contribution in [0.5, 0.6) is 5.75 Å². The van der Waals surface area contributed by atoms with Crippen LogP contribution in [0, 0.1) is 0 Å². The molecule has 0 amide bonds. The molecule has 4 heteroatoms. The van der Waals surface area contributed by atoms with E-state index < -0.39 is 0 Å². The molecule has 0 saturated carbocycles. The Morgan fingerprint density at radius 1 is 1.22 bits per heavy atom. The van der Waals surface area contributed by atoms with E-state index in [2.05, 4.69) is 22.0 Å². The zero-order chi connectivity index (χ0) is 12.5. The number of furan rings is 1. The molecular formula is C14H14BrNO2. The number of nitrogens with two attached hydrogens (primary N) is 1. The lowest BCUT2D eigenvalue weighted by atomic mass is 9.95. The summed E-state index contributed by atoms with van der Waals surface area (Å²) < 4.78 is 11.7. The van der Waals surface area contributed by atoms with Crippen LogP contribution >= 0.6 is 15.9 Å². The van der Waals surface area contributed by atoms with Gasteiger partial charge in [0, 0.05) is 11.1 Å². The second-order valence-electron chi connectivity index (χ2n) is 4.41. The molecule has 1 aromatic heterocycles. The number of hydrogen-bond acceptors (Lipinski definition) is 3. The third-order valence-corrected chi connectivity index (χ3v) is 3.92. The molecular weight excluding hydrogens is 294 g/mol. The smallest absolute Gasteiger partial charge is 0.174 e. The Morgan fingerprint density at radius 3 is 2.89 bits per heavy atom. The summed E-state index contributed by atoms with van der Waals surface area (Å²) in [4.78, 5) is 0. The van der Waals surface area contributed by atoms with Crippen molar-refractivity contribution in [3.05, 3.63) is 51.9 Å². The molecule has 0 aliphatic carbocycles. The van der Waals surface area contributed by atoms with Crippen molar-refractivity contribution in [1.29, 1.82) is 0 Å². The van der Waals surface area contributed by atoms with Gasteiger partial charge in [0.15, 0.2) is 4.67 Å². The fourth-order valence-electron chi connectivity index (χ4n) is 2.35. The molecule has 18 heavy (non-hydrogen) atoms. The first-order chi connectivity index (χ1) is 8.77. The highest BCUT2D eigenvalue weighted by Crippen LogP contribution is 2.36. The minimum Gasteiger partial charge on any atom is -0.493 e. The predicted molar refractivity (Wildman–Crippen MR) is 72.7 cm³/mol. The number of hydrogen-bond donors (Lipinski definition) is 1. The number of rotatable bonds is 2. The van der Waals surface area contributed by atoms with Gasteiger partial charge in [-0.05, 0) is 40.4 Å². The van der Waals surface area contributed by atoms with E-state index in [0.717, 1.165) is 36.3 Å². The lowest BCUT2D eigenvalue weighted by Crippen LogP contribution is -2.17. The molecule has 1 aromatic carbocycles. The zero-order valence-electron chi connectivity index (χ0n) is 9.86. The van der Waals surface area contributed by atoms with Crippen molar-refractivity contribution >= 4 is 15.9 Å². The van der Waals surface area contributed by atoms with E-state index in [1.54, 1.807) is 6.26 Å². The number of ether oxygens (including phenoxy) is 1. The molecule has 0 spiro atoms. The normalized spacial score (nSPS) is 15.9. The second kappa shape index (κ2) is 4.78. The second-order valence-corrected chi connectivity index (χ2v) is 5.14. The highest BCUT2D eigenvalue weighted by atomic mass is 79.9. The van der Waals surface area contributed by atoms with E-state index in [1.807, 2.05) is 18.2 Å². The maximum absolute atomic E-state index is 6.32. The van der Waals surface area contributed by atoms with Gasteiger partial charge in [-0.15, -0.1) is 0 Å². The van der Waals surface area contributed by atoms with E-state index in [-0.39, 0.29) is 6.04 Å². The van der Waals surface area contributed by atoms with Crippen LogP contribution in [0.4, 0.5) is 0 Å². The van der Waals surface area contributed by atoms with Crippen molar-refractivity contribution in [2.45, 2.75) is 18.9 Å². The number of aryl methyl sites for hydroxylation is 1. The molecule has 1 unspecified atom stereocenters. The quantitative estimate of drug-likeness (QED) is 0.925. The van der Waals surface area contributed by atoms with Gasteiger partial charge in [0.05, 0.1) is 18.9 Å². The minimum atomic E-state index is -0.230. The van der Waals surface area contributed by atoms with Gasteiger partial charge in [-0.3, -0.25) is 0 Å². The maximum Gasteiger partial charge on any atom is 0.174 e. The molecule has 1 aliphatic heterocycles. The van der Waals surface area contributed by atoms with Crippen molar-refractivity contribution in [2.24, 2.45) is 5.73 Å². The molecule has 94 valence electrons. The molecule has 3 rings (SSSR count). The summed E-state index contributed by atoms with van der Waals surface area (Å²) in [7, 11) is 0. The fourth-order valence-corrected chi connectivity index (χ4v) is 2.84. The van der Waals surface area contributed by atoms with Gasteiger partial charge in [-0.1, -0.05) is 18.2 Å². The molecule has 0 saturated heterocycles. The zero-order valence-corrected chi connectivity index (χ0v) is 11.4. The van der Waals surface area contributed by atoms with Crippen molar-refractivity contribution in [1.82, 2.24) is 0 Å². The maximum atomic E-state index is 6.32. The third kappa shape index (κ3) is 1.95. The van der Waals surface area contributed by atoms with E-state index in [9.17, 15) is 0 Å². The van der Waals surface area contributed by atoms with Gasteiger partial charge in [0.2, 0.25) is 0 Å². The van der Waals surface area contributed by atoms with Gasteiger partial charge < -0.3 is 14.9 Å². The summed E-state index contributed by atoms with van der Waals surface area (Å²) in [6, 6.07) is 7.82. The first-order valence-electron chi connectivity index (χ1n) is 6.00. The molecule has 0 bridgehead atoms. The Balaban J connectivity index is 2.04.